The molecule has 2 aromatic rings. The third-order valence-electron chi connectivity index (χ3n) is 3.11. The largest absolute Gasteiger partial charge is 0.373 e. The smallest absolute Gasteiger partial charge is 0.135 e. The van der Waals surface area contributed by atoms with Crippen LogP contribution < -0.4 is 0 Å². The van der Waals surface area contributed by atoms with E-state index in [1.807, 2.05) is 0 Å². The van der Waals surface area contributed by atoms with Gasteiger partial charge in [-0.25, -0.2) is 4.98 Å². The highest BCUT2D eigenvalue weighted by atomic mass is 16.3. The van der Waals surface area contributed by atoms with Crippen molar-refractivity contribution in [1.82, 2.24) is 9.55 Å². The molecule has 1 atom stereocenters. The average molecular weight is 244 g/mol. The van der Waals surface area contributed by atoms with E-state index in [9.17, 15) is 5.11 Å². The third kappa shape index (κ3) is 2.99. The second-order valence-electron chi connectivity index (χ2n) is 5.64. The molecule has 0 saturated heterocycles. The molecule has 0 amide bonds. The third-order valence-corrected chi connectivity index (χ3v) is 3.11. The fourth-order valence-electron chi connectivity index (χ4n) is 1.90. The lowest BCUT2D eigenvalue weighted by Crippen LogP contribution is -2.12. The fraction of sp³-hybridized carbons (Fsp3) is 0.400. The number of aliphatic hydroxyl groups is 1. The molecule has 1 unspecified atom stereocenters. The maximum Gasteiger partial charge on any atom is 0.135 e. The Morgan fingerprint density at radius 3 is 2.39 bits per heavy atom. The highest BCUT2D eigenvalue weighted by molar-refractivity contribution is 5.27. The molecule has 0 aliphatic rings. The summed E-state index contributed by atoms with van der Waals surface area (Å²) < 4.78 is 1.71. The first-order chi connectivity index (χ1) is 8.47. The van der Waals surface area contributed by atoms with Crippen LogP contribution in [0.3, 0.4) is 0 Å². The van der Waals surface area contributed by atoms with Crippen LogP contribution >= 0.6 is 0 Å². The molecule has 2 rings (SSSR count). The van der Waals surface area contributed by atoms with Gasteiger partial charge in [-0.3, -0.25) is 0 Å². The second kappa shape index (κ2) is 4.94. The summed E-state index contributed by atoms with van der Waals surface area (Å²) in [6, 6.07) is 8.44. The van der Waals surface area contributed by atoms with Crippen LogP contribution in [0.25, 0.3) is 0 Å². The predicted molar refractivity (Wildman–Crippen MR) is 72.3 cm³/mol. The van der Waals surface area contributed by atoms with E-state index in [-0.39, 0.29) is 5.41 Å². The maximum atomic E-state index is 10.0. The lowest BCUT2D eigenvalue weighted by Gasteiger charge is -2.19. The van der Waals surface area contributed by atoms with Crippen LogP contribution in [0.15, 0.2) is 43.0 Å². The SMILES string of the molecule is CC(C)(C)c1ccc(CC(O)n2ccnc2)cc1. The van der Waals surface area contributed by atoms with Crippen molar-refractivity contribution < 1.29 is 5.11 Å². The summed E-state index contributed by atoms with van der Waals surface area (Å²) >= 11 is 0. The van der Waals surface area contributed by atoms with Crippen LogP contribution in [0, 0.1) is 0 Å². The maximum absolute atomic E-state index is 10.0. The van der Waals surface area contributed by atoms with Gasteiger partial charge in [0.1, 0.15) is 6.23 Å². The molecular weight excluding hydrogens is 224 g/mol. The normalized spacial score (nSPS) is 13.6. The molecular formula is C15H20N2O. The van der Waals surface area contributed by atoms with Crippen molar-refractivity contribution in [1.29, 1.82) is 0 Å². The summed E-state index contributed by atoms with van der Waals surface area (Å²) in [6.07, 6.45) is 5.13. The number of imidazole rings is 1. The number of nitrogens with zero attached hydrogens (tertiary/aromatic N) is 2. The van der Waals surface area contributed by atoms with Crippen molar-refractivity contribution in [2.75, 3.05) is 0 Å². The molecule has 3 nitrogen and oxygen atoms in total. The molecule has 18 heavy (non-hydrogen) atoms. The molecule has 0 aliphatic heterocycles. The monoisotopic (exact) mass is 244 g/mol. The van der Waals surface area contributed by atoms with Gasteiger partial charge in [0.25, 0.3) is 0 Å². The number of benzene rings is 1. The van der Waals surface area contributed by atoms with Gasteiger partial charge in [0.05, 0.1) is 6.33 Å². The molecule has 1 N–H and O–H groups in total. The molecule has 1 heterocycles. The molecule has 0 radical (unpaired) electrons. The molecule has 0 saturated carbocycles. The average Bonchev–Trinajstić information content (AvgIpc) is 2.82. The quantitative estimate of drug-likeness (QED) is 0.901. The number of hydrogen-bond donors (Lipinski definition) is 1. The predicted octanol–water partition coefficient (Wildman–Crippen LogP) is 2.91. The molecule has 0 aliphatic carbocycles. The summed E-state index contributed by atoms with van der Waals surface area (Å²) in [7, 11) is 0. The number of rotatable bonds is 3. The lowest BCUT2D eigenvalue weighted by molar-refractivity contribution is 0.104. The number of aromatic nitrogens is 2. The Bertz CT molecular complexity index is 480. The van der Waals surface area contributed by atoms with E-state index in [0.29, 0.717) is 6.42 Å². The molecule has 0 bridgehead atoms. The van der Waals surface area contributed by atoms with Gasteiger partial charge in [-0.1, -0.05) is 45.0 Å². The van der Waals surface area contributed by atoms with Crippen molar-refractivity contribution in [2.24, 2.45) is 0 Å². The minimum absolute atomic E-state index is 0.168. The van der Waals surface area contributed by atoms with E-state index in [1.165, 1.54) is 5.56 Å². The zero-order valence-electron chi connectivity index (χ0n) is 11.2. The first-order valence-electron chi connectivity index (χ1n) is 6.22. The van der Waals surface area contributed by atoms with Crippen molar-refractivity contribution in [3.8, 4) is 0 Å². The summed E-state index contributed by atoms with van der Waals surface area (Å²) in [4.78, 5) is 3.93. The number of aliphatic hydroxyl groups excluding tert-OH is 1. The van der Waals surface area contributed by atoms with Crippen LogP contribution in [0.1, 0.15) is 38.1 Å². The van der Waals surface area contributed by atoms with Gasteiger partial charge in [-0.05, 0) is 16.5 Å². The van der Waals surface area contributed by atoms with Gasteiger partial charge in [0, 0.05) is 18.8 Å². The number of hydrogen-bond acceptors (Lipinski definition) is 2. The van der Waals surface area contributed by atoms with Crippen molar-refractivity contribution in [3.63, 3.8) is 0 Å². The zero-order valence-corrected chi connectivity index (χ0v) is 11.2. The fourth-order valence-corrected chi connectivity index (χ4v) is 1.90. The van der Waals surface area contributed by atoms with E-state index in [0.717, 1.165) is 5.56 Å². The van der Waals surface area contributed by atoms with Crippen LogP contribution in [0.2, 0.25) is 0 Å². The zero-order chi connectivity index (χ0) is 13.2. The van der Waals surface area contributed by atoms with Gasteiger partial charge in [0.2, 0.25) is 0 Å². The van der Waals surface area contributed by atoms with Gasteiger partial charge >= 0.3 is 0 Å². The molecule has 3 heteroatoms. The summed E-state index contributed by atoms with van der Waals surface area (Å²) in [5.41, 5.74) is 2.61. The van der Waals surface area contributed by atoms with E-state index in [4.69, 9.17) is 0 Å². The van der Waals surface area contributed by atoms with E-state index in [2.05, 4.69) is 50.0 Å². The van der Waals surface area contributed by atoms with E-state index >= 15 is 0 Å². The second-order valence-corrected chi connectivity index (χ2v) is 5.64. The topological polar surface area (TPSA) is 38.0 Å². The Hall–Kier alpha value is -1.61. The highest BCUT2D eigenvalue weighted by Gasteiger charge is 2.13. The van der Waals surface area contributed by atoms with Crippen LogP contribution in [0.5, 0.6) is 0 Å². The Morgan fingerprint density at radius 2 is 1.89 bits per heavy atom. The molecule has 1 aromatic carbocycles. The standard InChI is InChI=1S/C15H20N2O/c1-15(2,3)13-6-4-12(5-7-13)10-14(18)17-9-8-16-11-17/h4-9,11,14,18H,10H2,1-3H3. The van der Waals surface area contributed by atoms with Gasteiger partial charge in [0.15, 0.2) is 0 Å². The molecule has 96 valence electrons. The Labute approximate surface area is 108 Å². The van der Waals surface area contributed by atoms with E-state index in [1.54, 1.807) is 23.3 Å². The first-order valence-corrected chi connectivity index (χ1v) is 6.22. The Morgan fingerprint density at radius 1 is 1.22 bits per heavy atom. The highest BCUT2D eigenvalue weighted by Crippen LogP contribution is 2.23. The Kier molecular flexibility index (Phi) is 3.53. The van der Waals surface area contributed by atoms with Gasteiger partial charge in [-0.2, -0.15) is 0 Å². The van der Waals surface area contributed by atoms with Crippen LogP contribution in [-0.2, 0) is 11.8 Å². The molecule has 1 aromatic heterocycles. The van der Waals surface area contributed by atoms with Crippen molar-refractivity contribution in [3.05, 3.63) is 54.1 Å². The van der Waals surface area contributed by atoms with Crippen LogP contribution in [0.4, 0.5) is 0 Å². The van der Waals surface area contributed by atoms with Crippen LogP contribution in [-0.4, -0.2) is 14.7 Å². The minimum Gasteiger partial charge on any atom is -0.373 e. The lowest BCUT2D eigenvalue weighted by atomic mass is 9.86. The van der Waals surface area contributed by atoms with E-state index < -0.39 is 6.23 Å². The van der Waals surface area contributed by atoms with Crippen molar-refractivity contribution >= 4 is 0 Å². The van der Waals surface area contributed by atoms with Gasteiger partial charge in [-0.15, -0.1) is 0 Å². The minimum atomic E-state index is -0.548. The summed E-state index contributed by atoms with van der Waals surface area (Å²) in [5.74, 6) is 0. The summed E-state index contributed by atoms with van der Waals surface area (Å²) in [6.45, 7) is 6.59. The van der Waals surface area contributed by atoms with Gasteiger partial charge < -0.3 is 9.67 Å². The molecule has 0 fully saturated rings. The molecule has 0 spiro atoms. The first kappa shape index (κ1) is 12.8. The Balaban J connectivity index is 2.07. The van der Waals surface area contributed by atoms with Crippen molar-refractivity contribution in [2.45, 2.75) is 38.8 Å². The summed E-state index contributed by atoms with van der Waals surface area (Å²) in [5, 5.41) is 10.0.